The van der Waals surface area contributed by atoms with Gasteiger partial charge >= 0.3 is 30.2 Å². The van der Waals surface area contributed by atoms with Gasteiger partial charge in [-0.2, -0.15) is 42.7 Å². The van der Waals surface area contributed by atoms with Crippen molar-refractivity contribution in [2.24, 2.45) is 0 Å². The Morgan fingerprint density at radius 2 is 1.50 bits per heavy atom. The summed E-state index contributed by atoms with van der Waals surface area (Å²) in [6.45, 7) is 17.7. The normalized spacial score (nSPS) is 10.5. The van der Waals surface area contributed by atoms with Gasteiger partial charge in [-0.25, -0.2) is 12.2 Å². The van der Waals surface area contributed by atoms with Gasteiger partial charge in [0.05, 0.1) is 0 Å². The molecular formula is C28H40Cl2SiZr-4. The molecule has 0 bridgehead atoms. The summed E-state index contributed by atoms with van der Waals surface area (Å²) in [6.07, 6.45) is 15.6. The number of hydrogen-bond acceptors (Lipinski definition) is 0. The number of fused-ring (bicyclic) bond motifs is 3. The Morgan fingerprint density at radius 3 is 1.94 bits per heavy atom. The summed E-state index contributed by atoms with van der Waals surface area (Å²) in [5, 5.41) is 0. The van der Waals surface area contributed by atoms with E-state index in [1.807, 2.05) is 19.0 Å². The molecule has 0 aromatic heterocycles. The second-order valence-electron chi connectivity index (χ2n) is 7.08. The van der Waals surface area contributed by atoms with E-state index >= 15 is 0 Å². The Kier molecular flexibility index (Phi) is 26.8. The van der Waals surface area contributed by atoms with Gasteiger partial charge in [-0.1, -0.05) is 62.9 Å². The summed E-state index contributed by atoms with van der Waals surface area (Å²) < 4.78 is 0. The van der Waals surface area contributed by atoms with E-state index in [1.54, 1.807) is 23.3 Å². The first-order chi connectivity index (χ1) is 14.6. The Hall–Kier alpha value is -0.400. The second kappa shape index (κ2) is 23.7. The molecule has 0 aliphatic heterocycles. The third-order valence-corrected chi connectivity index (χ3v) is 4.38. The van der Waals surface area contributed by atoms with Crippen LogP contribution in [-0.4, -0.2) is 6.88 Å². The Balaban J connectivity index is -0.000000416. The Labute approximate surface area is 227 Å². The average Bonchev–Trinajstić information content (AvgIpc) is 3.46. The molecule has 0 radical (unpaired) electrons. The molecule has 0 spiro atoms. The number of hydrogen-bond donors (Lipinski definition) is 0. The summed E-state index contributed by atoms with van der Waals surface area (Å²) in [5.74, 6) is 0. The SMILES string of the molecule is Cc1[c-]c2c(cc1)-c1ccc(C)cc1C2.Cl.Cl.[C-]1=CC=CC1.[CH2-]CCC.[CH2-]CCC.[SiH2]=[Zr]. The second-order valence-corrected chi connectivity index (χ2v) is 7.08. The van der Waals surface area contributed by atoms with Gasteiger partial charge in [-0.05, 0) is 18.9 Å². The van der Waals surface area contributed by atoms with Crippen molar-refractivity contribution in [2.75, 3.05) is 0 Å². The molecule has 0 N–H and O–H groups in total. The molecule has 0 nitrogen and oxygen atoms in total. The van der Waals surface area contributed by atoms with E-state index in [0.717, 1.165) is 25.7 Å². The van der Waals surface area contributed by atoms with Crippen molar-refractivity contribution >= 4 is 31.7 Å². The summed E-state index contributed by atoms with van der Waals surface area (Å²) in [4.78, 5) is 0. The van der Waals surface area contributed by atoms with Gasteiger partial charge in [0.25, 0.3) is 0 Å². The van der Waals surface area contributed by atoms with Gasteiger partial charge in [-0.3, -0.25) is 6.08 Å². The van der Waals surface area contributed by atoms with Crippen molar-refractivity contribution in [1.82, 2.24) is 0 Å². The molecule has 0 saturated heterocycles. The first kappa shape index (κ1) is 36.2. The van der Waals surface area contributed by atoms with Crippen molar-refractivity contribution in [3.05, 3.63) is 96.8 Å². The van der Waals surface area contributed by atoms with Crippen molar-refractivity contribution in [1.29, 1.82) is 0 Å². The minimum atomic E-state index is 0. The average molecular weight is 567 g/mol. The van der Waals surface area contributed by atoms with Crippen LogP contribution in [0.15, 0.2) is 48.6 Å². The molecule has 0 unspecified atom stereocenters. The van der Waals surface area contributed by atoms with Gasteiger partial charge in [-0.15, -0.1) is 42.4 Å². The van der Waals surface area contributed by atoms with E-state index in [0.29, 0.717) is 0 Å². The zero-order valence-electron chi connectivity index (χ0n) is 20.3. The van der Waals surface area contributed by atoms with Crippen molar-refractivity contribution in [3.63, 3.8) is 0 Å². The number of benzene rings is 2. The van der Waals surface area contributed by atoms with Gasteiger partial charge < -0.3 is 13.8 Å². The third-order valence-electron chi connectivity index (χ3n) is 4.38. The molecule has 0 atom stereocenters. The Morgan fingerprint density at radius 1 is 0.938 bits per heavy atom. The molecule has 0 amide bonds. The van der Waals surface area contributed by atoms with Crippen LogP contribution in [0.3, 0.4) is 0 Å². The summed E-state index contributed by atoms with van der Waals surface area (Å²) in [6, 6.07) is 14.5. The van der Waals surface area contributed by atoms with Gasteiger partial charge in [0.1, 0.15) is 0 Å². The van der Waals surface area contributed by atoms with Crippen LogP contribution < -0.4 is 0 Å². The van der Waals surface area contributed by atoms with E-state index in [4.69, 9.17) is 0 Å². The maximum absolute atomic E-state index is 3.60. The van der Waals surface area contributed by atoms with Crippen LogP contribution >= 0.6 is 24.8 Å². The predicted octanol–water partition coefficient (Wildman–Crippen LogP) is 8.15. The zero-order chi connectivity index (χ0) is 22.8. The van der Waals surface area contributed by atoms with Crippen LogP contribution in [0.5, 0.6) is 0 Å². The fraction of sp³-hybridized carbons (Fsp3) is 0.357. The van der Waals surface area contributed by atoms with Crippen LogP contribution in [0.4, 0.5) is 0 Å². The standard InChI is InChI=1S/C15H13.C5H5.2C4H9.2ClH.H2Si.Zr/c1-10-3-5-14-12(7-10)9-13-8-11(2)4-6-15(13)14;1-2-4-5-3-1;2*1-3-4-2;;;;/h3-7H,9H2,1-2H3;1-3H,4H2;2*1,3-4H2,2H3;2*1H;1H2;/q4*-1;;;;. The molecule has 2 aliphatic rings. The maximum atomic E-state index is 3.60. The topological polar surface area (TPSA) is 0 Å². The van der Waals surface area contributed by atoms with Crippen molar-refractivity contribution in [2.45, 2.75) is 66.2 Å². The molecule has 178 valence electrons. The molecule has 0 heterocycles. The molecule has 32 heavy (non-hydrogen) atoms. The first-order valence-corrected chi connectivity index (χ1v) is 16.8. The number of rotatable bonds is 2. The quantitative estimate of drug-likeness (QED) is 0.217. The molecular weight excluding hydrogens is 527 g/mol. The molecule has 2 aromatic rings. The molecule has 4 heteroatoms. The van der Waals surface area contributed by atoms with E-state index in [-0.39, 0.29) is 24.8 Å². The number of aryl methyl sites for hydroxylation is 2. The van der Waals surface area contributed by atoms with Crippen molar-refractivity contribution < 1.29 is 23.3 Å². The molecule has 4 rings (SSSR count). The summed E-state index contributed by atoms with van der Waals surface area (Å²) in [5.41, 5.74) is 8.15. The monoisotopic (exact) mass is 564 g/mol. The molecule has 0 saturated carbocycles. The fourth-order valence-electron chi connectivity index (χ4n) is 2.71. The summed E-state index contributed by atoms with van der Waals surface area (Å²) in [7, 11) is 0. The van der Waals surface area contributed by atoms with Gasteiger partial charge in [0, 0.05) is 0 Å². The third kappa shape index (κ3) is 14.7. The zero-order valence-corrected chi connectivity index (χ0v) is 25.8. The van der Waals surface area contributed by atoms with E-state index in [2.05, 4.69) is 90.1 Å². The van der Waals surface area contributed by atoms with Crippen LogP contribution in [0.1, 0.15) is 68.2 Å². The van der Waals surface area contributed by atoms with Crippen molar-refractivity contribution in [3.8, 4) is 11.1 Å². The van der Waals surface area contributed by atoms with E-state index < -0.39 is 0 Å². The van der Waals surface area contributed by atoms with Crippen LogP contribution in [0, 0.1) is 39.8 Å². The summed E-state index contributed by atoms with van der Waals surface area (Å²) >= 11 is 1.58. The fourth-order valence-corrected chi connectivity index (χ4v) is 2.71. The number of allylic oxidation sites excluding steroid dienone is 4. The Bertz CT molecular complexity index is 717. The predicted molar refractivity (Wildman–Crippen MR) is 148 cm³/mol. The number of unbranched alkanes of at least 4 members (excludes halogenated alkanes) is 2. The number of halogens is 2. The molecule has 2 aromatic carbocycles. The van der Waals surface area contributed by atoms with Gasteiger partial charge in [0.2, 0.25) is 0 Å². The van der Waals surface area contributed by atoms with Crippen LogP contribution in [0.25, 0.3) is 11.1 Å². The van der Waals surface area contributed by atoms with Gasteiger partial charge in [0.15, 0.2) is 0 Å². The minimum absolute atomic E-state index is 0. The van der Waals surface area contributed by atoms with Crippen LogP contribution in [0.2, 0.25) is 0 Å². The van der Waals surface area contributed by atoms with E-state index in [1.165, 1.54) is 46.2 Å². The molecule has 2 aliphatic carbocycles. The first-order valence-electron chi connectivity index (χ1n) is 10.8. The molecule has 0 fully saturated rings. The van der Waals surface area contributed by atoms with Crippen LogP contribution in [-0.2, 0) is 29.8 Å². The van der Waals surface area contributed by atoms with E-state index in [9.17, 15) is 0 Å².